The molecule has 0 saturated heterocycles. The molecule has 0 saturated carbocycles. The predicted molar refractivity (Wildman–Crippen MR) is 108 cm³/mol. The molecule has 3 rings (SSSR count). The summed E-state index contributed by atoms with van der Waals surface area (Å²) < 4.78 is 30.8. The summed E-state index contributed by atoms with van der Waals surface area (Å²) in [5.41, 5.74) is 4.29. The second-order valence-corrected chi connectivity index (χ2v) is 8.65. The lowest BCUT2D eigenvalue weighted by Crippen LogP contribution is -2.25. The van der Waals surface area contributed by atoms with Crippen molar-refractivity contribution in [2.45, 2.75) is 11.8 Å². The zero-order chi connectivity index (χ0) is 21.2. The number of hydrazone groups is 1. The van der Waals surface area contributed by atoms with Gasteiger partial charge in [0.05, 0.1) is 16.3 Å². The highest BCUT2D eigenvalue weighted by atomic mass is 32.2. The van der Waals surface area contributed by atoms with Crippen LogP contribution in [-0.2, 0) is 14.8 Å². The summed E-state index contributed by atoms with van der Waals surface area (Å²) in [7, 11) is -0.812. The van der Waals surface area contributed by atoms with Crippen molar-refractivity contribution in [1.82, 2.24) is 9.73 Å². The van der Waals surface area contributed by atoms with Crippen LogP contribution in [0.15, 0.2) is 52.5 Å². The van der Waals surface area contributed by atoms with Gasteiger partial charge in [0.1, 0.15) is 5.75 Å². The van der Waals surface area contributed by atoms with Gasteiger partial charge in [-0.2, -0.15) is 5.10 Å². The number of nitrogens with zero attached hydrogens (tertiary/aromatic N) is 2. The Morgan fingerprint density at radius 2 is 1.93 bits per heavy atom. The summed E-state index contributed by atoms with van der Waals surface area (Å²) in [6.07, 6.45) is 0. The third-order valence-corrected chi connectivity index (χ3v) is 6.04. The lowest BCUT2D eigenvalue weighted by molar-refractivity contribution is -0.118. The van der Waals surface area contributed by atoms with Crippen LogP contribution >= 0.6 is 0 Å². The summed E-state index contributed by atoms with van der Waals surface area (Å²) in [6.45, 7) is 1.67. The van der Waals surface area contributed by atoms with Crippen molar-refractivity contribution >= 4 is 33.2 Å². The first-order chi connectivity index (χ1) is 13.7. The van der Waals surface area contributed by atoms with Crippen LogP contribution in [0.25, 0.3) is 0 Å². The lowest BCUT2D eigenvalue weighted by atomic mass is 10.1. The molecule has 2 aromatic carbocycles. The number of sulfonamides is 1. The number of amides is 2. The summed E-state index contributed by atoms with van der Waals surface area (Å²) in [6, 6.07) is 10.9. The smallest absolute Gasteiger partial charge is 0.271 e. The van der Waals surface area contributed by atoms with E-state index in [4.69, 9.17) is 4.74 Å². The number of hydrogen-bond acceptors (Lipinski definition) is 6. The van der Waals surface area contributed by atoms with Crippen LogP contribution in [0.4, 0.5) is 5.69 Å². The molecule has 152 valence electrons. The molecule has 29 heavy (non-hydrogen) atoms. The molecule has 2 amide bonds. The van der Waals surface area contributed by atoms with Gasteiger partial charge in [-0.05, 0) is 48.9 Å². The van der Waals surface area contributed by atoms with Crippen LogP contribution in [0.3, 0.4) is 0 Å². The van der Waals surface area contributed by atoms with Gasteiger partial charge in [-0.3, -0.25) is 9.59 Å². The second kappa shape index (κ2) is 8.02. The molecule has 0 radical (unpaired) electrons. The maximum absolute atomic E-state index is 12.4. The Morgan fingerprint density at radius 3 is 2.66 bits per heavy atom. The molecule has 2 aromatic rings. The third-order valence-electron chi connectivity index (χ3n) is 4.23. The molecule has 10 heteroatoms. The summed E-state index contributed by atoms with van der Waals surface area (Å²) in [4.78, 5) is 23.9. The maximum Gasteiger partial charge on any atom is 0.271 e. The van der Waals surface area contributed by atoms with Gasteiger partial charge in [0.2, 0.25) is 10.0 Å². The number of anilines is 1. The molecule has 1 aliphatic rings. The molecule has 1 aliphatic heterocycles. The fourth-order valence-corrected chi connectivity index (χ4v) is 3.53. The van der Waals surface area contributed by atoms with E-state index in [0.717, 1.165) is 4.31 Å². The Hall–Kier alpha value is -3.24. The Morgan fingerprint density at radius 1 is 1.17 bits per heavy atom. The quantitative estimate of drug-likeness (QED) is 0.565. The number of carbonyl (C=O) groups excluding carboxylic acids is 2. The minimum atomic E-state index is -3.65. The highest BCUT2D eigenvalue weighted by molar-refractivity contribution is 7.89. The number of carbonyl (C=O) groups is 2. The zero-order valence-corrected chi connectivity index (χ0v) is 16.9. The summed E-state index contributed by atoms with van der Waals surface area (Å²) in [5, 5.41) is 6.78. The van der Waals surface area contributed by atoms with Crippen LogP contribution in [0.2, 0.25) is 0 Å². The van der Waals surface area contributed by atoms with Crippen molar-refractivity contribution in [3.8, 4) is 5.75 Å². The van der Waals surface area contributed by atoms with E-state index in [0.29, 0.717) is 22.7 Å². The molecule has 1 heterocycles. The molecule has 0 aliphatic carbocycles. The van der Waals surface area contributed by atoms with Crippen LogP contribution in [0, 0.1) is 0 Å². The van der Waals surface area contributed by atoms with Gasteiger partial charge >= 0.3 is 0 Å². The second-order valence-electron chi connectivity index (χ2n) is 6.50. The average Bonchev–Trinajstić information content (AvgIpc) is 2.71. The van der Waals surface area contributed by atoms with E-state index in [2.05, 4.69) is 15.8 Å². The van der Waals surface area contributed by atoms with E-state index >= 15 is 0 Å². The normalized spacial score (nSPS) is 14.1. The van der Waals surface area contributed by atoms with Gasteiger partial charge in [0.15, 0.2) is 6.61 Å². The molecule has 0 unspecified atom stereocenters. The Kier molecular flexibility index (Phi) is 5.66. The predicted octanol–water partition coefficient (Wildman–Crippen LogP) is 1.42. The number of nitrogens with one attached hydrogen (secondary N) is 2. The summed E-state index contributed by atoms with van der Waals surface area (Å²) >= 11 is 0. The average molecular weight is 416 g/mol. The molecule has 0 spiro atoms. The van der Waals surface area contributed by atoms with Gasteiger partial charge in [-0.15, -0.1) is 0 Å². The minimum absolute atomic E-state index is 0.0151. The number of fused-ring (bicyclic) bond motifs is 1. The molecule has 0 bridgehead atoms. The molecule has 0 fully saturated rings. The molecule has 0 aromatic heterocycles. The minimum Gasteiger partial charge on any atom is -0.482 e. The number of benzene rings is 2. The van der Waals surface area contributed by atoms with E-state index in [-0.39, 0.29) is 23.0 Å². The Labute approximate surface area is 168 Å². The van der Waals surface area contributed by atoms with Gasteiger partial charge in [-0.1, -0.05) is 6.07 Å². The number of ether oxygens (including phenoxy) is 1. The first-order valence-electron chi connectivity index (χ1n) is 8.63. The molecular formula is C19H20N4O5S. The first-order valence-corrected chi connectivity index (χ1v) is 10.1. The highest BCUT2D eigenvalue weighted by Crippen LogP contribution is 2.28. The molecule has 0 atom stereocenters. The summed E-state index contributed by atoms with van der Waals surface area (Å²) in [5.74, 6) is -0.232. The fourth-order valence-electron chi connectivity index (χ4n) is 2.58. The van der Waals surface area contributed by atoms with Crippen molar-refractivity contribution in [2.24, 2.45) is 5.10 Å². The molecule has 2 N–H and O–H groups in total. The van der Waals surface area contributed by atoms with Crippen molar-refractivity contribution in [3.63, 3.8) is 0 Å². The van der Waals surface area contributed by atoms with Gasteiger partial charge in [-0.25, -0.2) is 18.1 Å². The van der Waals surface area contributed by atoms with E-state index in [1.165, 1.54) is 38.4 Å². The number of rotatable bonds is 5. The standard InChI is InChI=1S/C19H20N4O5S/c1-12(13-7-8-17-16(10-13)20-18(24)11-28-17)21-22-19(25)14-5-4-6-15(9-14)29(26,27)23(2)3/h4-10H,11H2,1-3H3,(H,20,24)(H,22,25)/b21-12-. The molecular weight excluding hydrogens is 396 g/mol. The first kappa shape index (κ1) is 20.5. The molecule has 9 nitrogen and oxygen atoms in total. The van der Waals surface area contributed by atoms with Crippen molar-refractivity contribution in [2.75, 3.05) is 26.0 Å². The topological polar surface area (TPSA) is 117 Å². The van der Waals surface area contributed by atoms with E-state index in [1.54, 1.807) is 25.1 Å². The largest absolute Gasteiger partial charge is 0.482 e. The van der Waals surface area contributed by atoms with Gasteiger partial charge in [0.25, 0.3) is 11.8 Å². The maximum atomic E-state index is 12.4. The van der Waals surface area contributed by atoms with Gasteiger partial charge < -0.3 is 10.1 Å². The van der Waals surface area contributed by atoms with Crippen molar-refractivity contribution in [1.29, 1.82) is 0 Å². The monoisotopic (exact) mass is 416 g/mol. The van der Waals surface area contributed by atoms with Crippen molar-refractivity contribution in [3.05, 3.63) is 53.6 Å². The van der Waals surface area contributed by atoms with Crippen LogP contribution < -0.4 is 15.5 Å². The van der Waals surface area contributed by atoms with Gasteiger partial charge in [0, 0.05) is 19.7 Å². The lowest BCUT2D eigenvalue weighted by Gasteiger charge is -2.18. The zero-order valence-electron chi connectivity index (χ0n) is 16.1. The van der Waals surface area contributed by atoms with E-state index in [9.17, 15) is 18.0 Å². The Bertz CT molecular complexity index is 1110. The third kappa shape index (κ3) is 4.44. The SMILES string of the molecule is C/C(=N/NC(=O)c1cccc(S(=O)(=O)N(C)C)c1)c1ccc2c(c1)NC(=O)CO2. The number of hydrogen-bond donors (Lipinski definition) is 2. The van der Waals surface area contributed by atoms with Crippen LogP contribution in [-0.4, -0.2) is 51.0 Å². The van der Waals surface area contributed by atoms with Crippen molar-refractivity contribution < 1.29 is 22.7 Å². The Balaban J connectivity index is 1.77. The highest BCUT2D eigenvalue weighted by Gasteiger charge is 2.19. The van der Waals surface area contributed by atoms with E-state index < -0.39 is 15.9 Å². The van der Waals surface area contributed by atoms with Crippen LogP contribution in [0.5, 0.6) is 5.75 Å². The fraction of sp³-hybridized carbons (Fsp3) is 0.211. The van der Waals surface area contributed by atoms with E-state index in [1.807, 2.05) is 0 Å². The van der Waals surface area contributed by atoms with Crippen LogP contribution in [0.1, 0.15) is 22.8 Å².